The van der Waals surface area contributed by atoms with E-state index in [-0.39, 0.29) is 5.78 Å². The standard InChI is InChI=1S/C9H16O/c1-4-8(2)6-5-7-9(3)10/h4,8H,1,5-7H2,2-3H3. The Hall–Kier alpha value is -0.590. The van der Waals surface area contributed by atoms with Crippen LogP contribution in [0.2, 0.25) is 0 Å². The number of carbonyl (C=O) groups excluding carboxylic acids is 1. The molecule has 0 saturated heterocycles. The smallest absolute Gasteiger partial charge is 0.129 e. The first-order valence-electron chi connectivity index (χ1n) is 3.78. The summed E-state index contributed by atoms with van der Waals surface area (Å²) in [5.74, 6) is 0.843. The van der Waals surface area contributed by atoms with Gasteiger partial charge in [0.05, 0.1) is 0 Å². The highest BCUT2D eigenvalue weighted by Crippen LogP contribution is 2.07. The van der Waals surface area contributed by atoms with Crippen LogP contribution in [0.25, 0.3) is 0 Å². The zero-order valence-electron chi connectivity index (χ0n) is 6.89. The zero-order valence-corrected chi connectivity index (χ0v) is 6.89. The van der Waals surface area contributed by atoms with Gasteiger partial charge in [-0.3, -0.25) is 0 Å². The zero-order chi connectivity index (χ0) is 7.98. The average molecular weight is 140 g/mol. The highest BCUT2D eigenvalue weighted by Gasteiger charge is 1.97. The molecular formula is C9H16O. The third kappa shape index (κ3) is 5.54. The van der Waals surface area contributed by atoms with Gasteiger partial charge < -0.3 is 4.79 Å². The summed E-state index contributed by atoms with van der Waals surface area (Å²) in [5, 5.41) is 0. The van der Waals surface area contributed by atoms with E-state index in [1.165, 1.54) is 0 Å². The lowest BCUT2D eigenvalue weighted by molar-refractivity contribution is -0.117. The molecular weight excluding hydrogens is 124 g/mol. The molecule has 0 aliphatic carbocycles. The number of hydrogen-bond acceptors (Lipinski definition) is 1. The predicted octanol–water partition coefficient (Wildman–Crippen LogP) is 2.57. The van der Waals surface area contributed by atoms with Crippen LogP contribution in [0.15, 0.2) is 12.7 Å². The molecule has 10 heavy (non-hydrogen) atoms. The van der Waals surface area contributed by atoms with Crippen molar-refractivity contribution in [2.24, 2.45) is 5.92 Å². The minimum absolute atomic E-state index is 0.288. The number of hydrogen-bond donors (Lipinski definition) is 0. The van der Waals surface area contributed by atoms with E-state index in [1.54, 1.807) is 6.92 Å². The second kappa shape index (κ2) is 5.21. The molecule has 0 aromatic carbocycles. The van der Waals surface area contributed by atoms with E-state index in [4.69, 9.17) is 0 Å². The van der Waals surface area contributed by atoms with E-state index in [0.717, 1.165) is 19.3 Å². The molecule has 0 aromatic heterocycles. The fraction of sp³-hybridized carbons (Fsp3) is 0.667. The highest BCUT2D eigenvalue weighted by molar-refractivity contribution is 5.75. The Morgan fingerprint density at radius 2 is 2.30 bits per heavy atom. The third-order valence-electron chi connectivity index (χ3n) is 1.59. The van der Waals surface area contributed by atoms with Gasteiger partial charge in [0.2, 0.25) is 0 Å². The van der Waals surface area contributed by atoms with Crippen molar-refractivity contribution >= 4 is 5.78 Å². The van der Waals surface area contributed by atoms with Crippen molar-refractivity contribution in [1.29, 1.82) is 0 Å². The van der Waals surface area contributed by atoms with Gasteiger partial charge in [-0.05, 0) is 25.7 Å². The molecule has 0 heterocycles. The van der Waals surface area contributed by atoms with Crippen LogP contribution in [-0.4, -0.2) is 5.78 Å². The minimum atomic E-state index is 0.288. The SMILES string of the molecule is C=CC(C)CCCC(C)=O. The van der Waals surface area contributed by atoms with Crippen LogP contribution in [0.1, 0.15) is 33.1 Å². The van der Waals surface area contributed by atoms with Crippen LogP contribution < -0.4 is 0 Å². The second-order valence-corrected chi connectivity index (χ2v) is 2.81. The van der Waals surface area contributed by atoms with Gasteiger partial charge in [-0.2, -0.15) is 0 Å². The Morgan fingerprint density at radius 1 is 1.70 bits per heavy atom. The molecule has 0 aliphatic heterocycles. The van der Waals surface area contributed by atoms with Crippen molar-refractivity contribution in [3.8, 4) is 0 Å². The average Bonchev–Trinajstić information content (AvgIpc) is 1.87. The molecule has 0 spiro atoms. The Bertz CT molecular complexity index is 116. The summed E-state index contributed by atoms with van der Waals surface area (Å²) < 4.78 is 0. The summed E-state index contributed by atoms with van der Waals surface area (Å²) in [5.41, 5.74) is 0. The summed E-state index contributed by atoms with van der Waals surface area (Å²) in [7, 11) is 0. The monoisotopic (exact) mass is 140 g/mol. The van der Waals surface area contributed by atoms with E-state index in [2.05, 4.69) is 13.5 Å². The lowest BCUT2D eigenvalue weighted by Crippen LogP contribution is -1.93. The number of rotatable bonds is 5. The fourth-order valence-corrected chi connectivity index (χ4v) is 0.791. The molecule has 0 radical (unpaired) electrons. The van der Waals surface area contributed by atoms with Gasteiger partial charge >= 0.3 is 0 Å². The van der Waals surface area contributed by atoms with Gasteiger partial charge in [0.1, 0.15) is 5.78 Å². The number of Topliss-reactive ketones (excluding diaryl/α,β-unsaturated/α-hetero) is 1. The van der Waals surface area contributed by atoms with Crippen molar-refractivity contribution in [1.82, 2.24) is 0 Å². The molecule has 0 aromatic rings. The molecule has 1 atom stereocenters. The summed E-state index contributed by atoms with van der Waals surface area (Å²) >= 11 is 0. The van der Waals surface area contributed by atoms with Gasteiger partial charge in [-0.15, -0.1) is 6.58 Å². The molecule has 0 bridgehead atoms. The maximum absolute atomic E-state index is 10.5. The molecule has 58 valence electrons. The topological polar surface area (TPSA) is 17.1 Å². The van der Waals surface area contributed by atoms with Crippen molar-refractivity contribution in [3.05, 3.63) is 12.7 Å². The maximum Gasteiger partial charge on any atom is 0.129 e. The van der Waals surface area contributed by atoms with Gasteiger partial charge in [0, 0.05) is 6.42 Å². The summed E-state index contributed by atoms with van der Waals surface area (Å²) in [4.78, 5) is 10.5. The number of carbonyl (C=O) groups is 1. The lowest BCUT2D eigenvalue weighted by Gasteiger charge is -2.02. The van der Waals surface area contributed by atoms with Crippen molar-refractivity contribution in [3.63, 3.8) is 0 Å². The molecule has 1 unspecified atom stereocenters. The Balaban J connectivity index is 3.19. The van der Waals surface area contributed by atoms with Crippen molar-refractivity contribution in [2.75, 3.05) is 0 Å². The lowest BCUT2D eigenvalue weighted by atomic mass is 10.0. The van der Waals surface area contributed by atoms with Gasteiger partial charge in [0.15, 0.2) is 0 Å². The molecule has 0 amide bonds. The van der Waals surface area contributed by atoms with Crippen LogP contribution in [0.4, 0.5) is 0 Å². The van der Waals surface area contributed by atoms with Gasteiger partial charge in [0.25, 0.3) is 0 Å². The van der Waals surface area contributed by atoms with Crippen LogP contribution in [-0.2, 0) is 4.79 Å². The number of allylic oxidation sites excluding steroid dienone is 1. The highest BCUT2D eigenvalue weighted by atomic mass is 16.1. The first-order valence-corrected chi connectivity index (χ1v) is 3.78. The van der Waals surface area contributed by atoms with Gasteiger partial charge in [-0.25, -0.2) is 0 Å². The minimum Gasteiger partial charge on any atom is -0.300 e. The van der Waals surface area contributed by atoms with Crippen molar-refractivity contribution < 1.29 is 4.79 Å². The fourth-order valence-electron chi connectivity index (χ4n) is 0.791. The van der Waals surface area contributed by atoms with E-state index in [9.17, 15) is 4.79 Å². The molecule has 1 nitrogen and oxygen atoms in total. The van der Waals surface area contributed by atoms with E-state index in [1.807, 2.05) is 6.08 Å². The quantitative estimate of drug-likeness (QED) is 0.536. The van der Waals surface area contributed by atoms with E-state index < -0.39 is 0 Å². The predicted molar refractivity (Wildman–Crippen MR) is 43.9 cm³/mol. The van der Waals surface area contributed by atoms with Crippen molar-refractivity contribution in [2.45, 2.75) is 33.1 Å². The van der Waals surface area contributed by atoms with E-state index in [0.29, 0.717) is 5.92 Å². The van der Waals surface area contributed by atoms with Gasteiger partial charge in [-0.1, -0.05) is 13.0 Å². The molecule has 1 heteroatoms. The molecule has 0 aliphatic rings. The molecule has 0 rings (SSSR count). The van der Waals surface area contributed by atoms with Crippen LogP contribution >= 0.6 is 0 Å². The van der Waals surface area contributed by atoms with Crippen LogP contribution in [0.3, 0.4) is 0 Å². The largest absolute Gasteiger partial charge is 0.300 e. The molecule has 0 fully saturated rings. The Labute approximate surface area is 63.1 Å². The first kappa shape index (κ1) is 9.41. The molecule has 0 N–H and O–H groups in total. The summed E-state index contributed by atoms with van der Waals surface area (Å²) in [6.07, 6.45) is 4.74. The summed E-state index contributed by atoms with van der Waals surface area (Å²) in [6.45, 7) is 7.43. The maximum atomic E-state index is 10.5. The van der Waals surface area contributed by atoms with Crippen LogP contribution in [0.5, 0.6) is 0 Å². The van der Waals surface area contributed by atoms with Crippen LogP contribution in [0, 0.1) is 5.92 Å². The Morgan fingerprint density at radius 3 is 2.70 bits per heavy atom. The molecule has 0 saturated carbocycles. The number of ketones is 1. The second-order valence-electron chi connectivity index (χ2n) is 2.81. The third-order valence-corrected chi connectivity index (χ3v) is 1.59. The van der Waals surface area contributed by atoms with E-state index >= 15 is 0 Å². The Kier molecular flexibility index (Phi) is 4.91. The first-order chi connectivity index (χ1) is 4.66. The summed E-state index contributed by atoms with van der Waals surface area (Å²) in [6, 6.07) is 0. The normalized spacial score (nSPS) is 12.6.